The lowest BCUT2D eigenvalue weighted by molar-refractivity contribution is 0.225. The molecule has 3 atom stereocenters. The van der Waals surface area contributed by atoms with Gasteiger partial charge in [-0.3, -0.25) is 11.3 Å². The molecule has 3 rings (SSSR count). The summed E-state index contributed by atoms with van der Waals surface area (Å²) in [4.78, 5) is 0. The molecule has 0 aromatic heterocycles. The summed E-state index contributed by atoms with van der Waals surface area (Å²) in [5.74, 6) is 6.96. The molecule has 3 unspecified atom stereocenters. The second kappa shape index (κ2) is 6.12. The zero-order valence-electron chi connectivity index (χ0n) is 12.5. The lowest BCUT2D eigenvalue weighted by Crippen LogP contribution is -2.35. The highest BCUT2D eigenvalue weighted by atomic mass is 19.1. The molecule has 1 fully saturated rings. The van der Waals surface area contributed by atoms with Crippen LogP contribution >= 0.6 is 0 Å². The summed E-state index contributed by atoms with van der Waals surface area (Å²) in [6, 6.07) is 11.2. The van der Waals surface area contributed by atoms with Crippen LogP contribution in [0.15, 0.2) is 36.4 Å². The maximum Gasteiger partial charge on any atom is 0.131 e. The van der Waals surface area contributed by atoms with Gasteiger partial charge in [-0.05, 0) is 41.7 Å². The van der Waals surface area contributed by atoms with Gasteiger partial charge in [-0.2, -0.15) is 0 Å². The Morgan fingerprint density at radius 1 is 1.14 bits per heavy atom. The summed E-state index contributed by atoms with van der Waals surface area (Å²) in [6.45, 7) is 2.31. The van der Waals surface area contributed by atoms with E-state index in [1.54, 1.807) is 6.07 Å². The summed E-state index contributed by atoms with van der Waals surface area (Å²) in [7, 11) is 0. The third-order valence-corrected chi connectivity index (χ3v) is 4.87. The molecular weight excluding hydrogens is 263 g/mol. The molecule has 1 aliphatic rings. The van der Waals surface area contributed by atoms with Crippen LogP contribution in [0.3, 0.4) is 0 Å². The van der Waals surface area contributed by atoms with Gasteiger partial charge in [0, 0.05) is 11.4 Å². The van der Waals surface area contributed by atoms with Crippen LogP contribution in [0.1, 0.15) is 44.2 Å². The fraction of sp³-hybridized carbons (Fsp3) is 0.444. The van der Waals surface area contributed by atoms with Gasteiger partial charge < -0.3 is 0 Å². The van der Waals surface area contributed by atoms with E-state index in [2.05, 4.69) is 12.3 Å². The summed E-state index contributed by atoms with van der Waals surface area (Å²) >= 11 is 0. The molecule has 0 spiro atoms. The van der Waals surface area contributed by atoms with E-state index in [9.17, 15) is 4.39 Å². The lowest BCUT2D eigenvalue weighted by Gasteiger charge is -2.33. The van der Waals surface area contributed by atoms with Gasteiger partial charge in [0.2, 0.25) is 0 Å². The van der Waals surface area contributed by atoms with Gasteiger partial charge >= 0.3 is 0 Å². The van der Waals surface area contributed by atoms with Gasteiger partial charge in [-0.25, -0.2) is 4.39 Å². The molecule has 0 heterocycles. The Hall–Kier alpha value is -1.45. The van der Waals surface area contributed by atoms with Crippen molar-refractivity contribution in [3.05, 3.63) is 47.8 Å². The predicted molar refractivity (Wildman–Crippen MR) is 85.1 cm³/mol. The largest absolute Gasteiger partial charge is 0.271 e. The zero-order chi connectivity index (χ0) is 14.8. The van der Waals surface area contributed by atoms with E-state index in [1.165, 1.54) is 25.7 Å². The summed E-state index contributed by atoms with van der Waals surface area (Å²) in [6.07, 6.45) is 4.92. The zero-order valence-corrected chi connectivity index (χ0v) is 12.5. The molecule has 0 bridgehead atoms. The van der Waals surface area contributed by atoms with Crippen molar-refractivity contribution >= 4 is 10.8 Å². The SMILES string of the molecule is CC1CCCC(C(NN)c2ccc(F)c3ccccc23)C1. The van der Waals surface area contributed by atoms with E-state index < -0.39 is 0 Å². The fourth-order valence-electron chi connectivity index (χ4n) is 3.82. The maximum atomic E-state index is 14.0. The Morgan fingerprint density at radius 3 is 2.62 bits per heavy atom. The fourth-order valence-corrected chi connectivity index (χ4v) is 3.82. The first-order valence-electron chi connectivity index (χ1n) is 7.84. The van der Waals surface area contributed by atoms with E-state index in [4.69, 9.17) is 5.84 Å². The minimum atomic E-state index is -0.165. The van der Waals surface area contributed by atoms with Crippen LogP contribution in [0.2, 0.25) is 0 Å². The number of hydrogen-bond acceptors (Lipinski definition) is 2. The summed E-state index contributed by atoms with van der Waals surface area (Å²) in [5, 5.41) is 1.65. The van der Waals surface area contributed by atoms with Crippen molar-refractivity contribution in [2.75, 3.05) is 0 Å². The third kappa shape index (κ3) is 2.81. The van der Waals surface area contributed by atoms with E-state index in [0.717, 1.165) is 16.9 Å². The van der Waals surface area contributed by atoms with Crippen LogP contribution in [0.25, 0.3) is 10.8 Å². The second-order valence-corrected chi connectivity index (χ2v) is 6.36. The van der Waals surface area contributed by atoms with Crippen molar-refractivity contribution in [3.8, 4) is 0 Å². The van der Waals surface area contributed by atoms with Crippen LogP contribution < -0.4 is 11.3 Å². The van der Waals surface area contributed by atoms with Crippen molar-refractivity contribution in [3.63, 3.8) is 0 Å². The molecule has 1 saturated carbocycles. The highest BCUT2D eigenvalue weighted by molar-refractivity contribution is 5.86. The van der Waals surface area contributed by atoms with Gasteiger partial charge in [-0.1, -0.05) is 50.1 Å². The smallest absolute Gasteiger partial charge is 0.131 e. The monoisotopic (exact) mass is 286 g/mol. The van der Waals surface area contributed by atoms with Crippen molar-refractivity contribution in [2.24, 2.45) is 17.7 Å². The van der Waals surface area contributed by atoms with Crippen LogP contribution in [0.5, 0.6) is 0 Å². The molecule has 0 saturated heterocycles. The molecule has 21 heavy (non-hydrogen) atoms. The molecule has 3 N–H and O–H groups in total. The van der Waals surface area contributed by atoms with Gasteiger partial charge in [0.25, 0.3) is 0 Å². The van der Waals surface area contributed by atoms with E-state index in [1.807, 2.05) is 30.3 Å². The molecule has 0 aliphatic heterocycles. The molecule has 112 valence electrons. The molecule has 2 nitrogen and oxygen atoms in total. The Balaban J connectivity index is 2.03. The third-order valence-electron chi connectivity index (χ3n) is 4.87. The van der Waals surface area contributed by atoms with Crippen LogP contribution in [-0.2, 0) is 0 Å². The van der Waals surface area contributed by atoms with E-state index in [-0.39, 0.29) is 11.9 Å². The van der Waals surface area contributed by atoms with Crippen LogP contribution in [0.4, 0.5) is 4.39 Å². The molecule has 2 aromatic rings. The Morgan fingerprint density at radius 2 is 1.90 bits per heavy atom. The number of nitrogens with two attached hydrogens (primary N) is 1. The summed E-state index contributed by atoms with van der Waals surface area (Å²) in [5.41, 5.74) is 4.12. The number of hydrazine groups is 1. The average Bonchev–Trinajstić information content (AvgIpc) is 2.51. The molecule has 0 amide bonds. The highest BCUT2D eigenvalue weighted by Crippen LogP contribution is 2.39. The average molecular weight is 286 g/mol. The van der Waals surface area contributed by atoms with E-state index in [0.29, 0.717) is 11.3 Å². The Bertz CT molecular complexity index is 626. The molecule has 2 aromatic carbocycles. The normalized spacial score (nSPS) is 24.1. The number of nitrogens with one attached hydrogen (secondary N) is 1. The Labute approximate surface area is 125 Å². The van der Waals surface area contributed by atoms with Crippen LogP contribution in [0, 0.1) is 17.7 Å². The predicted octanol–water partition coefficient (Wildman–Crippen LogP) is 4.31. The van der Waals surface area contributed by atoms with Gasteiger partial charge in [0.15, 0.2) is 0 Å². The lowest BCUT2D eigenvalue weighted by atomic mass is 9.76. The molecular formula is C18H23FN2. The maximum absolute atomic E-state index is 14.0. The van der Waals surface area contributed by atoms with Crippen molar-refractivity contribution in [2.45, 2.75) is 38.6 Å². The quantitative estimate of drug-likeness (QED) is 0.652. The first-order chi connectivity index (χ1) is 10.2. The number of rotatable bonds is 3. The van der Waals surface area contributed by atoms with E-state index >= 15 is 0 Å². The van der Waals surface area contributed by atoms with Gasteiger partial charge in [0.1, 0.15) is 5.82 Å². The van der Waals surface area contributed by atoms with Crippen molar-refractivity contribution in [1.29, 1.82) is 0 Å². The number of hydrogen-bond donors (Lipinski definition) is 2. The first-order valence-corrected chi connectivity index (χ1v) is 7.84. The van der Waals surface area contributed by atoms with Gasteiger partial charge in [0.05, 0.1) is 0 Å². The Kier molecular flexibility index (Phi) is 4.22. The minimum absolute atomic E-state index is 0.0956. The second-order valence-electron chi connectivity index (χ2n) is 6.36. The van der Waals surface area contributed by atoms with Crippen LogP contribution in [-0.4, -0.2) is 0 Å². The molecule has 3 heteroatoms. The minimum Gasteiger partial charge on any atom is -0.271 e. The summed E-state index contributed by atoms with van der Waals surface area (Å²) < 4.78 is 14.0. The highest BCUT2D eigenvalue weighted by Gasteiger charge is 2.28. The standard InChI is InChI=1S/C18H23FN2/c1-12-5-4-6-13(11-12)18(21-20)16-9-10-17(19)15-8-3-2-7-14(15)16/h2-3,7-10,12-13,18,21H,4-6,11,20H2,1H3. The number of benzene rings is 2. The molecule has 1 aliphatic carbocycles. The first kappa shape index (κ1) is 14.5. The topological polar surface area (TPSA) is 38.0 Å². The number of halogens is 1. The van der Waals surface area contributed by atoms with Crippen molar-refractivity contribution in [1.82, 2.24) is 5.43 Å². The van der Waals surface area contributed by atoms with Gasteiger partial charge in [-0.15, -0.1) is 0 Å². The van der Waals surface area contributed by atoms with Crippen molar-refractivity contribution < 1.29 is 4.39 Å². The number of fused-ring (bicyclic) bond motifs is 1. The molecule has 0 radical (unpaired) electrons.